The van der Waals surface area contributed by atoms with Crippen LogP contribution in [0.2, 0.25) is 0 Å². The molecule has 6 heteroatoms. The third-order valence-electron chi connectivity index (χ3n) is 5.41. The highest BCUT2D eigenvalue weighted by Crippen LogP contribution is 2.34. The van der Waals surface area contributed by atoms with Crippen molar-refractivity contribution < 1.29 is 19.7 Å². The van der Waals surface area contributed by atoms with Crippen LogP contribution in [-0.2, 0) is 0 Å². The van der Waals surface area contributed by atoms with Crippen molar-refractivity contribution in [2.45, 2.75) is 39.5 Å². The molecule has 0 aliphatic carbocycles. The summed E-state index contributed by atoms with van der Waals surface area (Å²) in [6.07, 6.45) is 4.06. The van der Waals surface area contributed by atoms with E-state index in [1.165, 1.54) is 0 Å². The lowest BCUT2D eigenvalue weighted by Gasteiger charge is -2.37. The average Bonchev–Trinajstić information content (AvgIpc) is 2.77. The lowest BCUT2D eigenvalue weighted by atomic mass is 10.2. The Bertz CT molecular complexity index is 736. The Morgan fingerprint density at radius 2 is 1.10 bits per heavy atom. The topological polar surface area (TPSA) is 65.4 Å². The second-order valence-corrected chi connectivity index (χ2v) is 7.68. The minimum Gasteiger partial charge on any atom is -0.504 e. The van der Waals surface area contributed by atoms with Gasteiger partial charge in [-0.15, -0.1) is 0 Å². The Morgan fingerprint density at radius 3 is 1.47 bits per heavy atom. The molecule has 0 bridgehead atoms. The molecule has 164 valence electrons. The summed E-state index contributed by atoms with van der Waals surface area (Å²) in [7, 11) is 0. The Balaban J connectivity index is 1.61. The minimum absolute atomic E-state index is 0.188. The number of piperazine rings is 1. The van der Waals surface area contributed by atoms with Gasteiger partial charge in [-0.25, -0.2) is 0 Å². The van der Waals surface area contributed by atoms with E-state index in [1.54, 1.807) is 12.1 Å². The Hall–Kier alpha value is -2.76. The number of hydrogen-bond donors (Lipinski definition) is 2. The van der Waals surface area contributed by atoms with Crippen molar-refractivity contribution >= 4 is 11.4 Å². The number of phenolic OH excluding ortho intramolecular Hbond substituents is 2. The van der Waals surface area contributed by atoms with E-state index in [9.17, 15) is 10.2 Å². The highest BCUT2D eigenvalue weighted by Gasteiger charge is 2.20. The number of nitrogens with zero attached hydrogens (tertiary/aromatic N) is 2. The van der Waals surface area contributed by atoms with Gasteiger partial charge in [0.25, 0.3) is 0 Å². The highest BCUT2D eigenvalue weighted by molar-refractivity contribution is 5.59. The summed E-state index contributed by atoms with van der Waals surface area (Å²) in [5.74, 6) is 1.48. The molecule has 3 rings (SSSR count). The van der Waals surface area contributed by atoms with Gasteiger partial charge in [-0.05, 0) is 37.1 Å². The van der Waals surface area contributed by atoms with Gasteiger partial charge in [0.15, 0.2) is 23.0 Å². The third-order valence-corrected chi connectivity index (χ3v) is 5.41. The first kappa shape index (κ1) is 21.9. The molecule has 0 atom stereocenters. The van der Waals surface area contributed by atoms with Gasteiger partial charge < -0.3 is 29.5 Å². The number of anilines is 2. The third kappa shape index (κ3) is 5.65. The molecule has 1 heterocycles. The normalized spacial score (nSPS) is 14.1. The van der Waals surface area contributed by atoms with Crippen LogP contribution in [0.3, 0.4) is 0 Å². The molecule has 0 aromatic heterocycles. The molecule has 0 unspecified atom stereocenters. The number of aromatic hydroxyl groups is 2. The zero-order chi connectivity index (χ0) is 21.3. The maximum absolute atomic E-state index is 10.1. The van der Waals surface area contributed by atoms with Gasteiger partial charge in [0.05, 0.1) is 13.2 Å². The molecule has 1 fully saturated rings. The zero-order valence-corrected chi connectivity index (χ0v) is 18.1. The van der Waals surface area contributed by atoms with Crippen molar-refractivity contribution in [1.29, 1.82) is 0 Å². The molecule has 6 nitrogen and oxygen atoms in total. The first-order valence-corrected chi connectivity index (χ1v) is 11.0. The molecule has 30 heavy (non-hydrogen) atoms. The summed E-state index contributed by atoms with van der Waals surface area (Å²) in [4.78, 5) is 4.61. The van der Waals surface area contributed by atoms with Crippen molar-refractivity contribution in [1.82, 2.24) is 0 Å². The van der Waals surface area contributed by atoms with Crippen LogP contribution in [0.15, 0.2) is 36.4 Å². The molecule has 0 amide bonds. The van der Waals surface area contributed by atoms with Crippen molar-refractivity contribution in [2.75, 3.05) is 49.2 Å². The van der Waals surface area contributed by atoms with Crippen LogP contribution in [-0.4, -0.2) is 49.6 Å². The van der Waals surface area contributed by atoms with Crippen LogP contribution >= 0.6 is 0 Å². The van der Waals surface area contributed by atoms with Gasteiger partial charge in [0, 0.05) is 49.7 Å². The molecule has 0 spiro atoms. The van der Waals surface area contributed by atoms with Crippen LogP contribution < -0.4 is 19.3 Å². The molecule has 1 aliphatic rings. The summed E-state index contributed by atoms with van der Waals surface area (Å²) < 4.78 is 11.5. The molecule has 2 N–H and O–H groups in total. The molecule has 0 radical (unpaired) electrons. The van der Waals surface area contributed by atoms with Gasteiger partial charge in [-0.2, -0.15) is 0 Å². The number of unbranched alkanes of at least 4 members (excludes halogenated alkanes) is 2. The van der Waals surface area contributed by atoms with Crippen LogP contribution in [0.4, 0.5) is 11.4 Å². The first-order valence-electron chi connectivity index (χ1n) is 11.0. The number of ether oxygens (including phenoxy) is 2. The van der Waals surface area contributed by atoms with E-state index in [2.05, 4.69) is 23.6 Å². The largest absolute Gasteiger partial charge is 0.504 e. The number of hydrogen-bond acceptors (Lipinski definition) is 6. The Labute approximate surface area is 179 Å². The lowest BCUT2D eigenvalue weighted by molar-refractivity contribution is 0.292. The van der Waals surface area contributed by atoms with E-state index in [-0.39, 0.29) is 11.5 Å². The van der Waals surface area contributed by atoms with Gasteiger partial charge in [0.2, 0.25) is 0 Å². The molecular weight excluding hydrogens is 380 g/mol. The summed E-state index contributed by atoms with van der Waals surface area (Å²) in [5.41, 5.74) is 2.13. The van der Waals surface area contributed by atoms with Crippen molar-refractivity contribution in [3.8, 4) is 23.0 Å². The number of rotatable bonds is 10. The van der Waals surface area contributed by atoms with E-state index in [0.717, 1.165) is 63.2 Å². The van der Waals surface area contributed by atoms with Gasteiger partial charge in [-0.1, -0.05) is 26.7 Å². The fourth-order valence-electron chi connectivity index (χ4n) is 3.51. The van der Waals surface area contributed by atoms with Crippen molar-refractivity contribution in [2.24, 2.45) is 0 Å². The summed E-state index contributed by atoms with van der Waals surface area (Å²) in [5, 5.41) is 20.1. The predicted molar refractivity (Wildman–Crippen MR) is 121 cm³/mol. The van der Waals surface area contributed by atoms with Gasteiger partial charge in [-0.3, -0.25) is 0 Å². The quantitative estimate of drug-likeness (QED) is 0.546. The van der Waals surface area contributed by atoms with E-state index < -0.39 is 0 Å². The predicted octanol–water partition coefficient (Wildman–Crippen LogP) is 4.78. The molecule has 1 aliphatic heterocycles. The standard InChI is InChI=1S/C24H34N2O4/c1-3-5-15-29-23-17-19(7-9-21(23)27)25-11-13-26(14-12-25)20-8-10-22(28)24(18-20)30-16-6-4-2/h7-10,17-18,27-28H,3-6,11-16H2,1-2H3. The molecule has 2 aromatic carbocycles. The molecule has 2 aromatic rings. The van der Waals surface area contributed by atoms with Crippen LogP contribution in [0.25, 0.3) is 0 Å². The monoisotopic (exact) mass is 414 g/mol. The van der Waals surface area contributed by atoms with Crippen LogP contribution in [0.1, 0.15) is 39.5 Å². The van der Waals surface area contributed by atoms with Crippen molar-refractivity contribution in [3.63, 3.8) is 0 Å². The number of benzene rings is 2. The smallest absolute Gasteiger partial charge is 0.162 e. The SMILES string of the molecule is CCCCOc1cc(N2CCN(c3ccc(O)c(OCCCC)c3)CC2)ccc1O. The lowest BCUT2D eigenvalue weighted by Crippen LogP contribution is -2.46. The van der Waals surface area contributed by atoms with Gasteiger partial charge >= 0.3 is 0 Å². The second-order valence-electron chi connectivity index (χ2n) is 7.68. The summed E-state index contributed by atoms with van der Waals surface area (Å²) in [6, 6.07) is 11.2. The van der Waals surface area contributed by atoms with E-state index in [4.69, 9.17) is 9.47 Å². The van der Waals surface area contributed by atoms with Crippen LogP contribution in [0.5, 0.6) is 23.0 Å². The fraction of sp³-hybridized carbons (Fsp3) is 0.500. The molecular formula is C24H34N2O4. The highest BCUT2D eigenvalue weighted by atomic mass is 16.5. The van der Waals surface area contributed by atoms with Crippen molar-refractivity contribution in [3.05, 3.63) is 36.4 Å². The molecule has 0 saturated carbocycles. The first-order chi connectivity index (χ1) is 14.6. The van der Waals surface area contributed by atoms with E-state index in [0.29, 0.717) is 24.7 Å². The van der Waals surface area contributed by atoms with E-state index >= 15 is 0 Å². The second kappa shape index (κ2) is 10.9. The Morgan fingerprint density at radius 1 is 0.700 bits per heavy atom. The number of phenols is 2. The van der Waals surface area contributed by atoms with Gasteiger partial charge in [0.1, 0.15) is 0 Å². The fourth-order valence-corrected chi connectivity index (χ4v) is 3.51. The zero-order valence-electron chi connectivity index (χ0n) is 18.1. The maximum Gasteiger partial charge on any atom is 0.162 e. The summed E-state index contributed by atoms with van der Waals surface area (Å²) in [6.45, 7) is 8.94. The van der Waals surface area contributed by atoms with Crippen LogP contribution in [0, 0.1) is 0 Å². The average molecular weight is 415 g/mol. The minimum atomic E-state index is 0.188. The summed E-state index contributed by atoms with van der Waals surface area (Å²) >= 11 is 0. The maximum atomic E-state index is 10.1. The Kier molecular flexibility index (Phi) is 7.94. The van der Waals surface area contributed by atoms with E-state index in [1.807, 2.05) is 24.3 Å². The molecule has 1 saturated heterocycles.